The monoisotopic (exact) mass is 267 g/mol. The number of esters is 1. The number of carbonyl (C=O) groups is 1. The number of rotatable bonds is 7. The van der Waals surface area contributed by atoms with Crippen molar-refractivity contribution < 1.29 is 9.53 Å². The van der Waals surface area contributed by atoms with Gasteiger partial charge in [0.15, 0.2) is 0 Å². The van der Waals surface area contributed by atoms with Gasteiger partial charge in [0.1, 0.15) is 0 Å². The molecule has 3 nitrogen and oxygen atoms in total. The molecule has 1 aromatic carbocycles. The van der Waals surface area contributed by atoms with Crippen LogP contribution in [-0.2, 0) is 10.5 Å². The predicted octanol–water partition coefficient (Wildman–Crippen LogP) is 2.66. The van der Waals surface area contributed by atoms with Crippen LogP contribution in [0.4, 0.5) is 0 Å². The van der Waals surface area contributed by atoms with Gasteiger partial charge in [0, 0.05) is 18.1 Å². The lowest BCUT2D eigenvalue weighted by atomic mass is 10.1. The van der Waals surface area contributed by atoms with E-state index in [-0.39, 0.29) is 5.97 Å². The molecule has 0 bridgehead atoms. The van der Waals surface area contributed by atoms with Crippen LogP contribution < -0.4 is 0 Å². The summed E-state index contributed by atoms with van der Waals surface area (Å²) in [5, 5.41) is 0. The molecule has 0 unspecified atom stereocenters. The van der Waals surface area contributed by atoms with Gasteiger partial charge in [-0.1, -0.05) is 12.1 Å². The van der Waals surface area contributed by atoms with E-state index in [9.17, 15) is 4.79 Å². The smallest absolute Gasteiger partial charge is 0.338 e. The van der Waals surface area contributed by atoms with Crippen LogP contribution in [0.3, 0.4) is 0 Å². The molecule has 0 saturated carbocycles. The van der Waals surface area contributed by atoms with E-state index in [1.54, 1.807) is 0 Å². The van der Waals surface area contributed by atoms with E-state index in [4.69, 9.17) is 4.74 Å². The second-order valence-electron chi connectivity index (χ2n) is 4.27. The minimum absolute atomic E-state index is 0.246. The summed E-state index contributed by atoms with van der Waals surface area (Å²) in [4.78, 5) is 13.6. The first-order valence-electron chi connectivity index (χ1n) is 6.12. The standard InChI is InChI=1S/C14H21NO2S/c1-4-17-14(16)13-7-5-12(6-8-13)11-18-10-9-15(2)3/h5-8H,4,9-11H2,1-3H3. The normalized spacial score (nSPS) is 10.7. The third-order valence-corrected chi connectivity index (χ3v) is 3.43. The molecule has 100 valence electrons. The first-order valence-corrected chi connectivity index (χ1v) is 7.27. The van der Waals surface area contributed by atoms with E-state index in [0.29, 0.717) is 12.2 Å². The van der Waals surface area contributed by atoms with Gasteiger partial charge in [-0.25, -0.2) is 4.79 Å². The van der Waals surface area contributed by atoms with Crippen LogP contribution in [-0.4, -0.2) is 43.9 Å². The Hall–Kier alpha value is -1.00. The van der Waals surface area contributed by atoms with Gasteiger partial charge in [-0.2, -0.15) is 11.8 Å². The van der Waals surface area contributed by atoms with Crippen LogP contribution in [0.1, 0.15) is 22.8 Å². The van der Waals surface area contributed by atoms with Crippen molar-refractivity contribution in [1.82, 2.24) is 4.90 Å². The fraction of sp³-hybridized carbons (Fsp3) is 0.500. The van der Waals surface area contributed by atoms with Gasteiger partial charge in [0.2, 0.25) is 0 Å². The third-order valence-electron chi connectivity index (χ3n) is 2.42. The van der Waals surface area contributed by atoms with E-state index in [1.165, 1.54) is 5.56 Å². The second kappa shape index (κ2) is 8.16. The average molecular weight is 267 g/mol. The van der Waals surface area contributed by atoms with E-state index in [1.807, 2.05) is 43.0 Å². The van der Waals surface area contributed by atoms with Crippen molar-refractivity contribution in [2.75, 3.05) is 33.0 Å². The van der Waals surface area contributed by atoms with Gasteiger partial charge in [0.25, 0.3) is 0 Å². The molecular formula is C14H21NO2S. The molecule has 0 N–H and O–H groups in total. The zero-order chi connectivity index (χ0) is 13.4. The molecule has 0 aliphatic carbocycles. The highest BCUT2D eigenvalue weighted by Crippen LogP contribution is 2.13. The van der Waals surface area contributed by atoms with E-state index < -0.39 is 0 Å². The maximum atomic E-state index is 11.5. The SMILES string of the molecule is CCOC(=O)c1ccc(CSCCN(C)C)cc1. The highest BCUT2D eigenvalue weighted by Gasteiger charge is 2.05. The maximum Gasteiger partial charge on any atom is 0.338 e. The molecule has 0 saturated heterocycles. The lowest BCUT2D eigenvalue weighted by Gasteiger charge is -2.08. The minimum atomic E-state index is -0.246. The highest BCUT2D eigenvalue weighted by molar-refractivity contribution is 7.98. The molecule has 0 heterocycles. The van der Waals surface area contributed by atoms with Gasteiger partial charge in [-0.05, 0) is 38.7 Å². The molecular weight excluding hydrogens is 246 g/mol. The van der Waals surface area contributed by atoms with Gasteiger partial charge in [-0.3, -0.25) is 0 Å². The number of ether oxygens (including phenoxy) is 1. The van der Waals surface area contributed by atoms with E-state index in [0.717, 1.165) is 18.1 Å². The van der Waals surface area contributed by atoms with Crippen LogP contribution in [0.2, 0.25) is 0 Å². The Morgan fingerprint density at radius 1 is 1.28 bits per heavy atom. The Bertz CT molecular complexity index is 363. The summed E-state index contributed by atoms with van der Waals surface area (Å²) in [6.45, 7) is 3.32. The van der Waals surface area contributed by atoms with Crippen molar-refractivity contribution in [1.29, 1.82) is 0 Å². The summed E-state index contributed by atoms with van der Waals surface area (Å²) in [7, 11) is 4.16. The minimum Gasteiger partial charge on any atom is -0.462 e. The molecule has 0 atom stereocenters. The summed E-state index contributed by atoms with van der Waals surface area (Å²) in [5.41, 5.74) is 1.87. The molecule has 0 aliphatic rings. The first kappa shape index (κ1) is 15.1. The molecule has 1 rings (SSSR count). The lowest BCUT2D eigenvalue weighted by Crippen LogP contribution is -2.14. The number of carbonyl (C=O) groups excluding carboxylic acids is 1. The molecule has 1 aromatic rings. The van der Waals surface area contributed by atoms with E-state index in [2.05, 4.69) is 19.0 Å². The van der Waals surface area contributed by atoms with E-state index >= 15 is 0 Å². The molecule has 0 fully saturated rings. The van der Waals surface area contributed by atoms with Crippen molar-refractivity contribution in [2.45, 2.75) is 12.7 Å². The van der Waals surface area contributed by atoms with Gasteiger partial charge in [0.05, 0.1) is 12.2 Å². The average Bonchev–Trinajstić information content (AvgIpc) is 2.35. The summed E-state index contributed by atoms with van der Waals surface area (Å²) in [6.07, 6.45) is 0. The molecule has 0 aromatic heterocycles. The predicted molar refractivity (Wildman–Crippen MR) is 77.1 cm³/mol. The molecule has 0 amide bonds. The number of hydrogen-bond donors (Lipinski definition) is 0. The number of benzene rings is 1. The van der Waals surface area contributed by atoms with Crippen molar-refractivity contribution in [3.63, 3.8) is 0 Å². The summed E-state index contributed by atoms with van der Waals surface area (Å²) >= 11 is 1.90. The number of nitrogens with zero attached hydrogens (tertiary/aromatic N) is 1. The summed E-state index contributed by atoms with van der Waals surface area (Å²) < 4.78 is 4.94. The van der Waals surface area contributed by atoms with Crippen molar-refractivity contribution in [3.05, 3.63) is 35.4 Å². The molecule has 18 heavy (non-hydrogen) atoms. The maximum absolute atomic E-state index is 11.5. The third kappa shape index (κ3) is 5.56. The molecule has 0 radical (unpaired) electrons. The zero-order valence-electron chi connectivity index (χ0n) is 11.3. The Kier molecular flexibility index (Phi) is 6.83. The lowest BCUT2D eigenvalue weighted by molar-refractivity contribution is 0.0526. The topological polar surface area (TPSA) is 29.5 Å². The van der Waals surface area contributed by atoms with Gasteiger partial charge < -0.3 is 9.64 Å². The Balaban J connectivity index is 2.38. The molecule has 0 spiro atoms. The Morgan fingerprint density at radius 2 is 1.94 bits per heavy atom. The summed E-state index contributed by atoms with van der Waals surface area (Å²) in [6, 6.07) is 7.66. The van der Waals surface area contributed by atoms with Crippen molar-refractivity contribution in [3.8, 4) is 0 Å². The fourth-order valence-corrected chi connectivity index (χ4v) is 2.46. The Morgan fingerprint density at radius 3 is 2.50 bits per heavy atom. The largest absolute Gasteiger partial charge is 0.462 e. The van der Waals surface area contributed by atoms with Crippen LogP contribution >= 0.6 is 11.8 Å². The van der Waals surface area contributed by atoms with Gasteiger partial charge in [-0.15, -0.1) is 0 Å². The van der Waals surface area contributed by atoms with Crippen molar-refractivity contribution in [2.24, 2.45) is 0 Å². The Labute approximate surface area is 114 Å². The molecule has 0 aliphatic heterocycles. The summed E-state index contributed by atoms with van der Waals surface area (Å²) in [5.74, 6) is 1.85. The molecule has 4 heteroatoms. The van der Waals surface area contributed by atoms with Gasteiger partial charge >= 0.3 is 5.97 Å². The van der Waals surface area contributed by atoms with Crippen molar-refractivity contribution >= 4 is 17.7 Å². The number of hydrogen-bond acceptors (Lipinski definition) is 4. The quantitative estimate of drug-likeness (QED) is 0.561. The zero-order valence-corrected chi connectivity index (χ0v) is 12.1. The van der Waals surface area contributed by atoms with Crippen LogP contribution in [0.25, 0.3) is 0 Å². The first-order chi connectivity index (χ1) is 8.63. The number of thioether (sulfide) groups is 1. The second-order valence-corrected chi connectivity index (χ2v) is 5.38. The van der Waals surface area contributed by atoms with Crippen LogP contribution in [0.5, 0.6) is 0 Å². The fourth-order valence-electron chi connectivity index (χ4n) is 1.39. The van der Waals surface area contributed by atoms with Crippen LogP contribution in [0, 0.1) is 0 Å². The van der Waals surface area contributed by atoms with Crippen LogP contribution in [0.15, 0.2) is 24.3 Å². The highest BCUT2D eigenvalue weighted by atomic mass is 32.2.